The standard InChI is InChI=1S/C24H20ClFN2O2/c25-21-6-3-7-22(26)20(21)15-30-18-10-8-17(9-11-18)24(29)14-16-4-1-2-5-19(16)23-27-12-13-28(23)24/h1-11,29H,12-15H2. The highest BCUT2D eigenvalue weighted by atomic mass is 35.5. The molecule has 4 nitrogen and oxygen atoms in total. The number of aliphatic hydroxyl groups is 1. The summed E-state index contributed by atoms with van der Waals surface area (Å²) < 4.78 is 19.7. The molecule has 0 aromatic heterocycles. The third-order valence-electron chi connectivity index (χ3n) is 5.74. The van der Waals surface area contributed by atoms with Crippen molar-refractivity contribution < 1.29 is 14.2 Å². The minimum Gasteiger partial charge on any atom is -0.489 e. The van der Waals surface area contributed by atoms with Crippen molar-refractivity contribution in [1.82, 2.24) is 4.90 Å². The van der Waals surface area contributed by atoms with Gasteiger partial charge in [-0.15, -0.1) is 0 Å². The van der Waals surface area contributed by atoms with Crippen LogP contribution in [-0.4, -0.2) is 28.9 Å². The maximum Gasteiger partial charge on any atom is 0.169 e. The average molecular weight is 423 g/mol. The number of benzene rings is 3. The van der Waals surface area contributed by atoms with Crippen molar-refractivity contribution in [3.8, 4) is 5.75 Å². The molecule has 0 amide bonds. The molecule has 0 bridgehead atoms. The molecule has 30 heavy (non-hydrogen) atoms. The van der Waals surface area contributed by atoms with Crippen molar-refractivity contribution in [3.05, 3.63) is 99.8 Å². The summed E-state index contributed by atoms with van der Waals surface area (Å²) in [5.41, 5.74) is 2.08. The molecule has 0 fully saturated rings. The van der Waals surface area contributed by atoms with Crippen LogP contribution in [0, 0.1) is 5.82 Å². The second-order valence-corrected chi connectivity index (χ2v) is 7.93. The zero-order valence-electron chi connectivity index (χ0n) is 16.2. The van der Waals surface area contributed by atoms with Crippen molar-refractivity contribution in [2.75, 3.05) is 13.1 Å². The van der Waals surface area contributed by atoms with Gasteiger partial charge in [0.2, 0.25) is 0 Å². The van der Waals surface area contributed by atoms with E-state index in [1.807, 2.05) is 35.2 Å². The number of ether oxygens (including phenoxy) is 1. The van der Waals surface area contributed by atoms with E-state index in [9.17, 15) is 9.50 Å². The normalized spacial score (nSPS) is 19.8. The van der Waals surface area contributed by atoms with E-state index in [0.29, 0.717) is 35.8 Å². The predicted octanol–water partition coefficient (Wildman–Crippen LogP) is 4.52. The SMILES string of the molecule is OC1(c2ccc(OCc3c(F)cccc3Cl)cc2)Cc2ccccc2C2=NCCN21. The van der Waals surface area contributed by atoms with E-state index < -0.39 is 11.5 Å². The van der Waals surface area contributed by atoms with Crippen molar-refractivity contribution in [2.45, 2.75) is 18.8 Å². The monoisotopic (exact) mass is 422 g/mol. The zero-order valence-corrected chi connectivity index (χ0v) is 16.9. The van der Waals surface area contributed by atoms with Crippen LogP contribution in [0.4, 0.5) is 4.39 Å². The highest BCUT2D eigenvalue weighted by Gasteiger charge is 2.44. The number of halogens is 2. The van der Waals surface area contributed by atoms with E-state index in [4.69, 9.17) is 16.3 Å². The van der Waals surface area contributed by atoms with E-state index >= 15 is 0 Å². The maximum absolute atomic E-state index is 13.9. The van der Waals surface area contributed by atoms with Gasteiger partial charge in [-0.05, 0) is 29.8 Å². The average Bonchev–Trinajstić information content (AvgIpc) is 3.25. The molecule has 1 N–H and O–H groups in total. The summed E-state index contributed by atoms with van der Waals surface area (Å²) in [6, 6.07) is 19.9. The molecule has 6 heteroatoms. The second kappa shape index (κ2) is 7.42. The number of hydrogen-bond donors (Lipinski definition) is 1. The van der Waals surface area contributed by atoms with E-state index in [1.165, 1.54) is 6.07 Å². The summed E-state index contributed by atoms with van der Waals surface area (Å²) in [6.45, 7) is 1.37. The Balaban J connectivity index is 1.40. The third kappa shape index (κ3) is 3.15. The second-order valence-electron chi connectivity index (χ2n) is 7.52. The van der Waals surface area contributed by atoms with Crippen molar-refractivity contribution >= 4 is 17.4 Å². The number of rotatable bonds is 4. The highest BCUT2D eigenvalue weighted by Crippen LogP contribution is 2.39. The first-order valence-corrected chi connectivity index (χ1v) is 10.2. The Hall–Kier alpha value is -2.89. The van der Waals surface area contributed by atoms with Crippen LogP contribution in [0.2, 0.25) is 5.02 Å². The Kier molecular flexibility index (Phi) is 4.72. The molecule has 1 unspecified atom stereocenters. The largest absolute Gasteiger partial charge is 0.489 e. The lowest BCUT2D eigenvalue weighted by molar-refractivity contribution is -0.0745. The van der Waals surface area contributed by atoms with Crippen LogP contribution in [0.3, 0.4) is 0 Å². The molecule has 5 rings (SSSR count). The van der Waals surface area contributed by atoms with Gasteiger partial charge in [-0.3, -0.25) is 4.99 Å². The molecule has 3 aromatic rings. The van der Waals surface area contributed by atoms with E-state index in [2.05, 4.69) is 11.1 Å². The van der Waals surface area contributed by atoms with Gasteiger partial charge in [-0.1, -0.05) is 54.1 Å². The fourth-order valence-electron chi connectivity index (χ4n) is 4.19. The summed E-state index contributed by atoms with van der Waals surface area (Å²) >= 11 is 6.06. The fourth-order valence-corrected chi connectivity index (χ4v) is 4.41. The molecule has 0 saturated carbocycles. The Morgan fingerprint density at radius 2 is 1.87 bits per heavy atom. The first-order chi connectivity index (χ1) is 14.6. The maximum atomic E-state index is 13.9. The van der Waals surface area contributed by atoms with Gasteiger partial charge in [0.25, 0.3) is 0 Å². The number of fused-ring (bicyclic) bond motifs is 3. The summed E-state index contributed by atoms with van der Waals surface area (Å²) in [5.74, 6) is 1.03. The number of hydrogen-bond acceptors (Lipinski definition) is 4. The van der Waals surface area contributed by atoms with Gasteiger partial charge in [0.1, 0.15) is 24.0 Å². The molecule has 0 radical (unpaired) electrons. The first-order valence-electron chi connectivity index (χ1n) is 9.85. The van der Waals surface area contributed by atoms with Crippen LogP contribution in [0.5, 0.6) is 5.75 Å². The van der Waals surface area contributed by atoms with Gasteiger partial charge in [0, 0.05) is 29.7 Å². The van der Waals surface area contributed by atoms with Crippen LogP contribution in [-0.2, 0) is 18.8 Å². The van der Waals surface area contributed by atoms with Gasteiger partial charge in [-0.25, -0.2) is 4.39 Å². The first kappa shape index (κ1) is 19.1. The topological polar surface area (TPSA) is 45.1 Å². The van der Waals surface area contributed by atoms with Crippen LogP contribution in [0.15, 0.2) is 71.7 Å². The van der Waals surface area contributed by atoms with Crippen LogP contribution in [0.25, 0.3) is 0 Å². The molecule has 0 aliphatic carbocycles. The molecular weight excluding hydrogens is 403 g/mol. The summed E-state index contributed by atoms with van der Waals surface area (Å²) in [6.07, 6.45) is 0.479. The number of aliphatic imine (C=N–C) groups is 1. The van der Waals surface area contributed by atoms with Gasteiger partial charge >= 0.3 is 0 Å². The molecule has 2 heterocycles. The van der Waals surface area contributed by atoms with Crippen LogP contribution < -0.4 is 4.74 Å². The smallest absolute Gasteiger partial charge is 0.169 e. The minimum atomic E-state index is -1.17. The number of amidine groups is 1. The van der Waals surface area contributed by atoms with Crippen molar-refractivity contribution in [1.29, 1.82) is 0 Å². The van der Waals surface area contributed by atoms with E-state index in [-0.39, 0.29) is 6.61 Å². The number of nitrogens with zero attached hydrogens (tertiary/aromatic N) is 2. The Morgan fingerprint density at radius 1 is 1.07 bits per heavy atom. The van der Waals surface area contributed by atoms with Crippen LogP contribution >= 0.6 is 11.6 Å². The molecular formula is C24H20ClFN2O2. The molecule has 3 aromatic carbocycles. The van der Waals surface area contributed by atoms with Gasteiger partial charge < -0.3 is 14.7 Å². The summed E-state index contributed by atoms with van der Waals surface area (Å²) in [7, 11) is 0. The lowest BCUT2D eigenvalue weighted by Crippen LogP contribution is -2.53. The van der Waals surface area contributed by atoms with E-state index in [0.717, 1.165) is 22.5 Å². The lowest BCUT2D eigenvalue weighted by Gasteiger charge is -2.43. The molecule has 0 saturated heterocycles. The van der Waals surface area contributed by atoms with Crippen LogP contribution in [0.1, 0.15) is 22.3 Å². The van der Waals surface area contributed by atoms with Gasteiger partial charge in [-0.2, -0.15) is 0 Å². The Bertz CT molecular complexity index is 1110. The van der Waals surface area contributed by atoms with Crippen molar-refractivity contribution in [3.63, 3.8) is 0 Å². The highest BCUT2D eigenvalue weighted by molar-refractivity contribution is 6.31. The summed E-state index contributed by atoms with van der Waals surface area (Å²) in [4.78, 5) is 6.60. The molecule has 0 spiro atoms. The Labute approximate surface area is 179 Å². The van der Waals surface area contributed by atoms with E-state index in [1.54, 1.807) is 24.3 Å². The quantitative estimate of drug-likeness (QED) is 0.672. The van der Waals surface area contributed by atoms with Crippen molar-refractivity contribution in [2.24, 2.45) is 4.99 Å². The molecule has 2 aliphatic heterocycles. The molecule has 152 valence electrons. The fraction of sp³-hybridized carbons (Fsp3) is 0.208. The molecule has 1 atom stereocenters. The lowest BCUT2D eigenvalue weighted by atomic mass is 9.86. The minimum absolute atomic E-state index is 0.0332. The predicted molar refractivity (Wildman–Crippen MR) is 114 cm³/mol. The van der Waals surface area contributed by atoms with Gasteiger partial charge in [0.15, 0.2) is 5.72 Å². The molecule has 2 aliphatic rings. The summed E-state index contributed by atoms with van der Waals surface area (Å²) in [5, 5.41) is 12.0. The zero-order chi connectivity index (χ0) is 20.7. The third-order valence-corrected chi connectivity index (χ3v) is 6.10. The van der Waals surface area contributed by atoms with Gasteiger partial charge in [0.05, 0.1) is 11.6 Å². The Morgan fingerprint density at radius 3 is 2.67 bits per heavy atom.